The van der Waals surface area contributed by atoms with E-state index in [9.17, 15) is 23.6 Å². The molecule has 0 aromatic heterocycles. The van der Waals surface area contributed by atoms with E-state index in [-0.39, 0.29) is 44.1 Å². The molecule has 2 aromatic carbocycles. The molecule has 0 unspecified atom stereocenters. The van der Waals surface area contributed by atoms with E-state index < -0.39 is 41.7 Å². The summed E-state index contributed by atoms with van der Waals surface area (Å²) in [7, 11) is 0. The van der Waals surface area contributed by atoms with Crippen LogP contribution >= 0.6 is 0 Å². The third-order valence-corrected chi connectivity index (χ3v) is 6.70. The molecule has 5 N–H and O–H groups in total. The maximum absolute atomic E-state index is 13.5. The molecular formula is C29H37FN4O5. The molecule has 3 rings (SSSR count). The van der Waals surface area contributed by atoms with Crippen molar-refractivity contribution >= 4 is 23.7 Å². The first kappa shape index (κ1) is 29.8. The van der Waals surface area contributed by atoms with Gasteiger partial charge in [0.25, 0.3) is 0 Å². The monoisotopic (exact) mass is 540 g/mol. The van der Waals surface area contributed by atoms with E-state index in [4.69, 9.17) is 10.5 Å². The first-order valence-corrected chi connectivity index (χ1v) is 13.3. The zero-order valence-electron chi connectivity index (χ0n) is 22.2. The third-order valence-electron chi connectivity index (χ3n) is 6.70. The molecule has 0 bridgehead atoms. The van der Waals surface area contributed by atoms with Gasteiger partial charge in [0.1, 0.15) is 11.9 Å². The molecule has 1 aliphatic heterocycles. The summed E-state index contributed by atoms with van der Waals surface area (Å²) in [5.41, 5.74) is 7.68. The van der Waals surface area contributed by atoms with Crippen molar-refractivity contribution in [1.82, 2.24) is 16.0 Å². The van der Waals surface area contributed by atoms with Gasteiger partial charge in [-0.15, -0.1) is 0 Å². The van der Waals surface area contributed by atoms with Crippen LogP contribution in [0.3, 0.4) is 0 Å². The molecule has 0 radical (unpaired) electrons. The molecule has 1 fully saturated rings. The number of carbonyl (C=O) groups excluding carboxylic acids is 4. The highest BCUT2D eigenvalue weighted by Crippen LogP contribution is 2.19. The van der Waals surface area contributed by atoms with Gasteiger partial charge < -0.3 is 26.4 Å². The molecule has 2 aromatic rings. The molecule has 0 saturated carbocycles. The van der Waals surface area contributed by atoms with Gasteiger partial charge in [0, 0.05) is 31.3 Å². The first-order chi connectivity index (χ1) is 18.7. The van der Waals surface area contributed by atoms with E-state index in [1.807, 2.05) is 30.3 Å². The number of halogens is 1. The molecule has 10 heteroatoms. The van der Waals surface area contributed by atoms with Crippen molar-refractivity contribution in [3.05, 3.63) is 71.5 Å². The molecule has 1 aliphatic rings. The van der Waals surface area contributed by atoms with Crippen LogP contribution in [-0.2, 0) is 36.8 Å². The summed E-state index contributed by atoms with van der Waals surface area (Å²) in [5, 5.41) is 8.47. The number of carbonyl (C=O) groups is 4. The minimum atomic E-state index is -1.01. The van der Waals surface area contributed by atoms with Gasteiger partial charge in [0.2, 0.25) is 17.7 Å². The normalized spacial score (nSPS) is 17.0. The lowest BCUT2D eigenvalue weighted by Gasteiger charge is -2.26. The van der Waals surface area contributed by atoms with E-state index >= 15 is 0 Å². The molecule has 9 nitrogen and oxygen atoms in total. The first-order valence-electron chi connectivity index (χ1n) is 13.3. The lowest BCUT2D eigenvalue weighted by atomic mass is 9.94. The Morgan fingerprint density at radius 1 is 1.03 bits per heavy atom. The topological polar surface area (TPSA) is 140 Å². The molecule has 0 spiro atoms. The maximum Gasteiger partial charge on any atom is 0.305 e. The Morgan fingerprint density at radius 3 is 2.36 bits per heavy atom. The van der Waals surface area contributed by atoms with Gasteiger partial charge in [-0.3, -0.25) is 19.2 Å². The smallest absolute Gasteiger partial charge is 0.305 e. The number of hydrogen-bond donors (Lipinski definition) is 4. The van der Waals surface area contributed by atoms with Crippen LogP contribution in [0.5, 0.6) is 0 Å². The highest BCUT2D eigenvalue weighted by atomic mass is 19.1. The van der Waals surface area contributed by atoms with Crippen molar-refractivity contribution in [2.45, 2.75) is 63.6 Å². The van der Waals surface area contributed by atoms with Crippen LogP contribution in [0, 0.1) is 11.7 Å². The minimum Gasteiger partial charge on any atom is -0.466 e. The number of benzene rings is 2. The van der Waals surface area contributed by atoms with Crippen LogP contribution in [0.25, 0.3) is 0 Å². The second-order valence-corrected chi connectivity index (χ2v) is 9.75. The van der Waals surface area contributed by atoms with Crippen LogP contribution < -0.4 is 21.7 Å². The third kappa shape index (κ3) is 9.79. The lowest BCUT2D eigenvalue weighted by Crippen LogP contribution is -2.54. The summed E-state index contributed by atoms with van der Waals surface area (Å²) in [5.74, 6) is -2.17. The number of nitrogens with two attached hydrogens (primary N) is 1. The van der Waals surface area contributed by atoms with Crippen molar-refractivity contribution in [1.29, 1.82) is 0 Å². The number of ether oxygens (including phenoxy) is 1. The molecule has 3 amide bonds. The Morgan fingerprint density at radius 2 is 1.72 bits per heavy atom. The Labute approximate surface area is 228 Å². The zero-order valence-corrected chi connectivity index (χ0v) is 22.2. The highest BCUT2D eigenvalue weighted by molar-refractivity contribution is 5.90. The summed E-state index contributed by atoms with van der Waals surface area (Å²) in [4.78, 5) is 50.7. The molecule has 39 heavy (non-hydrogen) atoms. The molecule has 1 heterocycles. The van der Waals surface area contributed by atoms with Gasteiger partial charge in [0.15, 0.2) is 0 Å². The quantitative estimate of drug-likeness (QED) is 0.269. The SMILES string of the molecule is CCOC(=O)CC[C@H](C[C@@H]1CCNC1=O)NC(=O)[C@H](Cc1ccc(F)cc1)NC(=O)[C@H](N)Cc1ccccc1. The zero-order chi connectivity index (χ0) is 28.2. The van der Waals surface area contributed by atoms with E-state index in [0.29, 0.717) is 24.9 Å². The summed E-state index contributed by atoms with van der Waals surface area (Å²) >= 11 is 0. The van der Waals surface area contributed by atoms with Gasteiger partial charge in [0.05, 0.1) is 12.6 Å². The molecular weight excluding hydrogens is 503 g/mol. The predicted molar refractivity (Wildman–Crippen MR) is 144 cm³/mol. The Hall–Kier alpha value is -3.79. The van der Waals surface area contributed by atoms with Crippen LogP contribution in [0.15, 0.2) is 54.6 Å². The molecule has 4 atom stereocenters. The average Bonchev–Trinajstić information content (AvgIpc) is 3.32. The lowest BCUT2D eigenvalue weighted by molar-refractivity contribution is -0.143. The fraction of sp³-hybridized carbons (Fsp3) is 0.448. The fourth-order valence-corrected chi connectivity index (χ4v) is 4.59. The largest absolute Gasteiger partial charge is 0.466 e. The van der Waals surface area contributed by atoms with E-state index in [1.165, 1.54) is 12.1 Å². The number of nitrogens with one attached hydrogen (secondary N) is 3. The highest BCUT2D eigenvalue weighted by Gasteiger charge is 2.31. The van der Waals surface area contributed by atoms with Crippen LogP contribution in [0.4, 0.5) is 4.39 Å². The van der Waals surface area contributed by atoms with Gasteiger partial charge in [-0.05, 0) is 55.9 Å². The standard InChI is InChI=1S/C29H37FN4O5/c1-2-39-26(35)13-12-23(18-21-14-15-32-27(21)36)33-29(38)25(17-20-8-10-22(30)11-9-20)34-28(37)24(31)16-19-6-4-3-5-7-19/h3-11,21,23-25H,2,12-18,31H2,1H3,(H,32,36)(H,33,38)(H,34,37)/t21-,23+,24+,25-/m0/s1. The molecule has 0 aliphatic carbocycles. The second-order valence-electron chi connectivity index (χ2n) is 9.75. The number of hydrogen-bond acceptors (Lipinski definition) is 6. The fourth-order valence-electron chi connectivity index (χ4n) is 4.59. The average molecular weight is 541 g/mol. The van der Waals surface area contributed by atoms with Crippen molar-refractivity contribution in [2.75, 3.05) is 13.2 Å². The maximum atomic E-state index is 13.5. The Balaban J connectivity index is 1.73. The number of rotatable bonds is 14. The Bertz CT molecular complexity index is 1110. The van der Waals surface area contributed by atoms with Gasteiger partial charge in [-0.25, -0.2) is 4.39 Å². The van der Waals surface area contributed by atoms with Gasteiger partial charge in [-0.1, -0.05) is 42.5 Å². The van der Waals surface area contributed by atoms with Crippen LogP contribution in [-0.4, -0.2) is 55.0 Å². The number of amides is 3. The summed E-state index contributed by atoms with van der Waals surface area (Å²) < 4.78 is 18.5. The van der Waals surface area contributed by atoms with Crippen molar-refractivity contribution in [3.8, 4) is 0 Å². The van der Waals surface area contributed by atoms with Gasteiger partial charge in [-0.2, -0.15) is 0 Å². The van der Waals surface area contributed by atoms with Crippen LogP contribution in [0.1, 0.15) is 43.7 Å². The summed E-state index contributed by atoms with van der Waals surface area (Å²) in [6, 6.07) is 12.6. The summed E-state index contributed by atoms with van der Waals surface area (Å²) in [6.07, 6.45) is 1.72. The van der Waals surface area contributed by atoms with E-state index in [1.54, 1.807) is 19.1 Å². The van der Waals surface area contributed by atoms with Crippen molar-refractivity contribution in [2.24, 2.45) is 11.7 Å². The second kappa shape index (κ2) is 15.0. The Kier molecular flexibility index (Phi) is 11.4. The van der Waals surface area contributed by atoms with Gasteiger partial charge >= 0.3 is 5.97 Å². The minimum absolute atomic E-state index is 0.0735. The predicted octanol–water partition coefficient (Wildman–Crippen LogP) is 1.78. The van der Waals surface area contributed by atoms with Crippen molar-refractivity contribution < 1.29 is 28.3 Å². The number of esters is 1. The molecule has 210 valence electrons. The van der Waals surface area contributed by atoms with E-state index in [0.717, 1.165) is 5.56 Å². The summed E-state index contributed by atoms with van der Waals surface area (Å²) in [6.45, 7) is 2.52. The van der Waals surface area contributed by atoms with Crippen molar-refractivity contribution in [3.63, 3.8) is 0 Å². The molecule has 1 saturated heterocycles. The van der Waals surface area contributed by atoms with Crippen LogP contribution in [0.2, 0.25) is 0 Å². The van der Waals surface area contributed by atoms with E-state index in [2.05, 4.69) is 16.0 Å².